The van der Waals surface area contributed by atoms with E-state index >= 15 is 0 Å². The molecule has 0 amide bonds. The number of nitriles is 1. The lowest BCUT2D eigenvalue weighted by molar-refractivity contribution is 0.232. The number of hydrogen-bond acceptors (Lipinski definition) is 3. The summed E-state index contributed by atoms with van der Waals surface area (Å²) < 4.78 is 0. The molecule has 1 saturated carbocycles. The van der Waals surface area contributed by atoms with Gasteiger partial charge < -0.3 is 4.98 Å². The van der Waals surface area contributed by atoms with E-state index in [1.165, 1.54) is 25.7 Å². The number of aromatic amines is 1. The van der Waals surface area contributed by atoms with Gasteiger partial charge in [0.15, 0.2) is 0 Å². The summed E-state index contributed by atoms with van der Waals surface area (Å²) in [6.45, 7) is 5.11. The monoisotopic (exact) mass is 282 g/mol. The van der Waals surface area contributed by atoms with Crippen LogP contribution in [0.3, 0.4) is 0 Å². The van der Waals surface area contributed by atoms with Crippen molar-refractivity contribution >= 4 is 11.0 Å². The fourth-order valence-corrected chi connectivity index (χ4v) is 3.31. The Labute approximate surface area is 125 Å². The van der Waals surface area contributed by atoms with Crippen LogP contribution in [-0.4, -0.2) is 28.0 Å². The van der Waals surface area contributed by atoms with Gasteiger partial charge in [-0.05, 0) is 37.4 Å². The number of rotatable bonds is 5. The highest BCUT2D eigenvalue weighted by Gasteiger charge is 2.19. The SMILES string of the molecule is CCN(Cc1nc2cc[nH]c2cc1C#N)CC1CCCC1. The maximum atomic E-state index is 9.36. The number of pyridine rings is 1. The molecule has 4 heteroatoms. The van der Waals surface area contributed by atoms with Gasteiger partial charge in [0, 0.05) is 19.3 Å². The van der Waals surface area contributed by atoms with Crippen LogP contribution in [0.1, 0.15) is 43.9 Å². The van der Waals surface area contributed by atoms with Crippen LogP contribution < -0.4 is 0 Å². The van der Waals surface area contributed by atoms with Crippen molar-refractivity contribution < 1.29 is 0 Å². The zero-order valence-corrected chi connectivity index (χ0v) is 12.6. The summed E-state index contributed by atoms with van der Waals surface area (Å²) in [6, 6.07) is 6.17. The molecule has 1 aliphatic rings. The minimum Gasteiger partial charge on any atom is -0.360 e. The highest BCUT2D eigenvalue weighted by molar-refractivity contribution is 5.76. The van der Waals surface area contributed by atoms with Crippen LogP contribution in [0.5, 0.6) is 0 Å². The molecule has 21 heavy (non-hydrogen) atoms. The quantitative estimate of drug-likeness (QED) is 0.914. The predicted octanol–water partition coefficient (Wildman–Crippen LogP) is 3.45. The molecule has 1 fully saturated rings. The Morgan fingerprint density at radius 3 is 2.95 bits per heavy atom. The minimum absolute atomic E-state index is 0.690. The van der Waals surface area contributed by atoms with Crippen molar-refractivity contribution in [2.75, 3.05) is 13.1 Å². The van der Waals surface area contributed by atoms with Gasteiger partial charge in [0.2, 0.25) is 0 Å². The second-order valence-electron chi connectivity index (χ2n) is 5.98. The van der Waals surface area contributed by atoms with Crippen molar-refractivity contribution in [3.05, 3.63) is 29.6 Å². The van der Waals surface area contributed by atoms with E-state index < -0.39 is 0 Å². The maximum Gasteiger partial charge on any atom is 0.101 e. The predicted molar refractivity (Wildman–Crippen MR) is 83.7 cm³/mol. The van der Waals surface area contributed by atoms with Gasteiger partial charge in [0.25, 0.3) is 0 Å². The van der Waals surface area contributed by atoms with Crippen LogP contribution in [0.4, 0.5) is 0 Å². The summed E-state index contributed by atoms with van der Waals surface area (Å²) in [5.41, 5.74) is 3.48. The highest BCUT2D eigenvalue weighted by atomic mass is 15.1. The summed E-state index contributed by atoms with van der Waals surface area (Å²) >= 11 is 0. The van der Waals surface area contributed by atoms with E-state index in [-0.39, 0.29) is 0 Å². The molecule has 2 aromatic heterocycles. The van der Waals surface area contributed by atoms with E-state index in [0.29, 0.717) is 5.56 Å². The third-order valence-corrected chi connectivity index (χ3v) is 4.54. The zero-order valence-electron chi connectivity index (χ0n) is 12.6. The molecular formula is C17H22N4. The minimum atomic E-state index is 0.690. The number of nitrogens with one attached hydrogen (secondary N) is 1. The first-order chi connectivity index (χ1) is 10.3. The van der Waals surface area contributed by atoms with Crippen LogP contribution in [0, 0.1) is 17.2 Å². The van der Waals surface area contributed by atoms with E-state index in [1.807, 2.05) is 18.3 Å². The lowest BCUT2D eigenvalue weighted by atomic mass is 10.1. The topological polar surface area (TPSA) is 55.7 Å². The standard InChI is InChI=1S/C17H22N4/c1-2-21(11-13-5-3-4-6-13)12-17-14(10-18)9-16-15(20-17)7-8-19-16/h7-9,13,19H,2-6,11-12H2,1H3. The Morgan fingerprint density at radius 2 is 2.24 bits per heavy atom. The fourth-order valence-electron chi connectivity index (χ4n) is 3.31. The van der Waals surface area contributed by atoms with E-state index in [9.17, 15) is 5.26 Å². The van der Waals surface area contributed by atoms with E-state index in [2.05, 4.69) is 27.9 Å². The van der Waals surface area contributed by atoms with E-state index in [4.69, 9.17) is 0 Å². The first kappa shape index (κ1) is 14.1. The summed E-state index contributed by atoms with van der Waals surface area (Å²) in [6.07, 6.45) is 7.33. The third-order valence-electron chi connectivity index (χ3n) is 4.54. The van der Waals surface area contributed by atoms with Gasteiger partial charge in [-0.2, -0.15) is 5.26 Å². The first-order valence-electron chi connectivity index (χ1n) is 7.89. The Bertz CT molecular complexity index is 646. The average Bonchev–Trinajstić information content (AvgIpc) is 3.16. The van der Waals surface area contributed by atoms with Crippen molar-refractivity contribution in [1.82, 2.24) is 14.9 Å². The van der Waals surface area contributed by atoms with Gasteiger partial charge in [0.1, 0.15) is 6.07 Å². The molecule has 0 unspecified atom stereocenters. The Balaban J connectivity index is 1.79. The lowest BCUT2D eigenvalue weighted by Crippen LogP contribution is -2.28. The van der Waals surface area contributed by atoms with Crippen molar-refractivity contribution in [2.45, 2.75) is 39.2 Å². The molecule has 2 heterocycles. The molecule has 2 aromatic rings. The average molecular weight is 282 g/mol. The van der Waals surface area contributed by atoms with Gasteiger partial charge >= 0.3 is 0 Å². The molecule has 0 spiro atoms. The molecule has 0 aliphatic heterocycles. The third kappa shape index (κ3) is 3.08. The summed E-state index contributed by atoms with van der Waals surface area (Å²) in [5.74, 6) is 0.825. The molecule has 3 rings (SSSR count). The molecule has 110 valence electrons. The molecule has 0 radical (unpaired) electrons. The van der Waals surface area contributed by atoms with Crippen LogP contribution in [0.2, 0.25) is 0 Å². The number of H-pyrrole nitrogens is 1. The molecule has 1 N–H and O–H groups in total. The van der Waals surface area contributed by atoms with Crippen LogP contribution in [0.25, 0.3) is 11.0 Å². The Hall–Kier alpha value is -1.86. The second-order valence-corrected chi connectivity index (χ2v) is 5.98. The first-order valence-corrected chi connectivity index (χ1v) is 7.89. The second kappa shape index (κ2) is 6.28. The molecule has 1 aliphatic carbocycles. The Kier molecular flexibility index (Phi) is 4.21. The van der Waals surface area contributed by atoms with E-state index in [1.54, 1.807) is 0 Å². The van der Waals surface area contributed by atoms with Gasteiger partial charge in [0.05, 0.1) is 22.3 Å². The summed E-state index contributed by atoms with van der Waals surface area (Å²) in [4.78, 5) is 10.2. The number of hydrogen-bond donors (Lipinski definition) is 1. The van der Waals surface area contributed by atoms with Gasteiger partial charge in [-0.15, -0.1) is 0 Å². The number of fused-ring (bicyclic) bond motifs is 1. The number of aromatic nitrogens is 2. The van der Waals surface area contributed by atoms with Crippen molar-refractivity contribution in [1.29, 1.82) is 5.26 Å². The van der Waals surface area contributed by atoms with Crippen molar-refractivity contribution in [3.8, 4) is 6.07 Å². The van der Waals surface area contributed by atoms with Crippen molar-refractivity contribution in [2.24, 2.45) is 5.92 Å². The largest absolute Gasteiger partial charge is 0.360 e. The van der Waals surface area contributed by atoms with Crippen LogP contribution in [0.15, 0.2) is 18.3 Å². The fraction of sp³-hybridized carbons (Fsp3) is 0.529. The highest BCUT2D eigenvalue weighted by Crippen LogP contribution is 2.26. The smallest absolute Gasteiger partial charge is 0.101 e. The van der Waals surface area contributed by atoms with Gasteiger partial charge in [-0.25, -0.2) is 4.98 Å². The molecule has 0 bridgehead atoms. The normalized spacial score (nSPS) is 15.9. The maximum absolute atomic E-state index is 9.36. The van der Waals surface area contributed by atoms with Crippen LogP contribution in [-0.2, 0) is 6.54 Å². The molecule has 0 aromatic carbocycles. The van der Waals surface area contributed by atoms with Gasteiger partial charge in [-0.3, -0.25) is 4.90 Å². The van der Waals surface area contributed by atoms with Crippen LogP contribution >= 0.6 is 0 Å². The molecular weight excluding hydrogens is 260 g/mol. The van der Waals surface area contributed by atoms with E-state index in [0.717, 1.165) is 42.3 Å². The zero-order chi connectivity index (χ0) is 14.7. The Morgan fingerprint density at radius 1 is 1.43 bits per heavy atom. The number of nitrogens with zero attached hydrogens (tertiary/aromatic N) is 3. The molecule has 4 nitrogen and oxygen atoms in total. The lowest BCUT2D eigenvalue weighted by Gasteiger charge is -2.24. The van der Waals surface area contributed by atoms with Crippen molar-refractivity contribution in [3.63, 3.8) is 0 Å². The summed E-state index contributed by atoms with van der Waals surface area (Å²) in [5, 5.41) is 9.36. The molecule has 0 saturated heterocycles. The molecule has 0 atom stereocenters. The summed E-state index contributed by atoms with van der Waals surface area (Å²) in [7, 11) is 0. The van der Waals surface area contributed by atoms with Gasteiger partial charge in [-0.1, -0.05) is 19.8 Å².